The zero-order valence-corrected chi connectivity index (χ0v) is 16.2. The van der Waals surface area contributed by atoms with E-state index in [2.05, 4.69) is 5.32 Å². The predicted octanol–water partition coefficient (Wildman–Crippen LogP) is 1.43. The van der Waals surface area contributed by atoms with Crippen LogP contribution in [0.3, 0.4) is 0 Å². The highest BCUT2D eigenvalue weighted by Gasteiger charge is 2.30. The molecule has 1 aliphatic carbocycles. The number of hydrogen-bond donors (Lipinski definition) is 1. The van der Waals surface area contributed by atoms with Crippen LogP contribution in [0.2, 0.25) is 0 Å². The molecule has 3 rings (SSSR count). The van der Waals surface area contributed by atoms with Gasteiger partial charge >= 0.3 is 0 Å². The van der Waals surface area contributed by atoms with Gasteiger partial charge in [-0.3, -0.25) is 9.59 Å². The molecule has 0 radical (unpaired) electrons. The first-order chi connectivity index (χ1) is 12.3. The molecule has 1 aliphatic heterocycles. The Morgan fingerprint density at radius 1 is 1.27 bits per heavy atom. The van der Waals surface area contributed by atoms with E-state index >= 15 is 0 Å². The summed E-state index contributed by atoms with van der Waals surface area (Å²) < 4.78 is 27.0. The number of hydrogen-bond acceptors (Lipinski definition) is 4. The van der Waals surface area contributed by atoms with Gasteiger partial charge in [0.05, 0.1) is 6.26 Å². The number of aromatic nitrogens is 1. The van der Waals surface area contributed by atoms with E-state index in [1.54, 1.807) is 23.8 Å². The van der Waals surface area contributed by atoms with E-state index in [0.29, 0.717) is 25.1 Å². The fraction of sp³-hybridized carbons (Fsp3) is 0.667. The third kappa shape index (κ3) is 4.17. The average Bonchev–Trinajstić information content (AvgIpc) is 3.39. The van der Waals surface area contributed by atoms with E-state index < -0.39 is 10.0 Å². The molecule has 1 saturated carbocycles. The Kier molecular flexibility index (Phi) is 5.53. The summed E-state index contributed by atoms with van der Waals surface area (Å²) in [6.45, 7) is 2.66. The van der Waals surface area contributed by atoms with Crippen LogP contribution in [0.4, 0.5) is 0 Å². The molecular weight excluding hydrogens is 354 g/mol. The van der Waals surface area contributed by atoms with Gasteiger partial charge in [0, 0.05) is 31.4 Å². The Morgan fingerprint density at radius 3 is 2.65 bits per heavy atom. The lowest BCUT2D eigenvalue weighted by molar-refractivity contribution is 0.0947. The van der Waals surface area contributed by atoms with E-state index in [1.165, 1.54) is 10.6 Å². The lowest BCUT2D eigenvalue weighted by Gasteiger charge is -2.33. The van der Waals surface area contributed by atoms with Crippen molar-refractivity contribution >= 4 is 15.9 Å². The van der Waals surface area contributed by atoms with Crippen LogP contribution in [-0.4, -0.2) is 48.6 Å². The number of nitrogens with zero attached hydrogens (tertiary/aromatic N) is 2. The molecule has 144 valence electrons. The Hall–Kier alpha value is -1.67. The van der Waals surface area contributed by atoms with Crippen LogP contribution in [0.5, 0.6) is 0 Å². The molecule has 0 bridgehead atoms. The van der Waals surface area contributed by atoms with Gasteiger partial charge in [0.15, 0.2) is 0 Å². The lowest BCUT2D eigenvalue weighted by atomic mass is 10.0. The van der Waals surface area contributed by atoms with Crippen LogP contribution >= 0.6 is 0 Å². The van der Waals surface area contributed by atoms with Crippen molar-refractivity contribution in [2.75, 3.05) is 19.3 Å². The topological polar surface area (TPSA) is 88.5 Å². The number of rotatable bonds is 6. The van der Waals surface area contributed by atoms with Gasteiger partial charge in [-0.2, -0.15) is 4.31 Å². The van der Waals surface area contributed by atoms with Gasteiger partial charge in [-0.05, 0) is 50.7 Å². The third-order valence-electron chi connectivity index (χ3n) is 5.26. The van der Waals surface area contributed by atoms with E-state index in [-0.39, 0.29) is 29.1 Å². The fourth-order valence-corrected chi connectivity index (χ4v) is 4.91. The molecule has 26 heavy (non-hydrogen) atoms. The smallest absolute Gasteiger partial charge is 0.263 e. The molecule has 1 aromatic heterocycles. The van der Waals surface area contributed by atoms with Crippen LogP contribution < -0.4 is 10.9 Å². The van der Waals surface area contributed by atoms with Crippen LogP contribution in [0, 0.1) is 6.92 Å². The summed E-state index contributed by atoms with van der Waals surface area (Å²) in [6.07, 6.45) is 8.19. The largest absolute Gasteiger partial charge is 0.352 e. The number of amides is 1. The quantitative estimate of drug-likeness (QED) is 0.807. The van der Waals surface area contributed by atoms with Crippen molar-refractivity contribution in [1.29, 1.82) is 0 Å². The summed E-state index contributed by atoms with van der Waals surface area (Å²) in [5.74, 6) is -0.371. The molecule has 1 unspecified atom stereocenters. The Labute approximate surface area is 154 Å². The zero-order chi connectivity index (χ0) is 18.9. The Balaban J connectivity index is 1.64. The molecule has 0 aromatic carbocycles. The summed E-state index contributed by atoms with van der Waals surface area (Å²) in [5.41, 5.74) is 0.628. The highest BCUT2D eigenvalue weighted by Crippen LogP contribution is 2.33. The second kappa shape index (κ2) is 7.52. The van der Waals surface area contributed by atoms with E-state index in [9.17, 15) is 18.0 Å². The van der Waals surface area contributed by atoms with Crippen molar-refractivity contribution in [1.82, 2.24) is 14.2 Å². The number of carbonyl (C=O) groups is 1. The molecule has 2 heterocycles. The SMILES string of the molecule is Cc1ccn(C2CC2)c(=O)c1C(=O)NCCC1CCCCN1S(C)(=O)=O. The molecule has 1 aromatic rings. The number of carbonyl (C=O) groups excluding carboxylic acids is 1. The molecule has 1 N–H and O–H groups in total. The molecule has 1 atom stereocenters. The van der Waals surface area contributed by atoms with Crippen molar-refractivity contribution in [3.8, 4) is 0 Å². The minimum atomic E-state index is -3.23. The molecule has 2 aliphatic rings. The lowest BCUT2D eigenvalue weighted by Crippen LogP contribution is -2.45. The van der Waals surface area contributed by atoms with Crippen molar-refractivity contribution in [2.45, 2.75) is 57.5 Å². The standard InChI is InChI=1S/C18H27N3O4S/c1-13-9-12-20(14-6-7-14)18(23)16(13)17(22)19-10-8-15-5-3-4-11-21(15)26(2,24)25/h9,12,14-15H,3-8,10-11H2,1-2H3,(H,19,22). The summed E-state index contributed by atoms with van der Waals surface area (Å²) in [4.78, 5) is 25.1. The van der Waals surface area contributed by atoms with Gasteiger partial charge in [-0.25, -0.2) is 8.42 Å². The molecule has 0 spiro atoms. The maximum absolute atomic E-state index is 12.6. The highest BCUT2D eigenvalue weighted by atomic mass is 32.2. The molecule has 2 fully saturated rings. The number of pyridine rings is 1. The van der Waals surface area contributed by atoms with Gasteiger partial charge in [0.1, 0.15) is 5.56 Å². The summed E-state index contributed by atoms with van der Waals surface area (Å²) in [6, 6.07) is 1.94. The van der Waals surface area contributed by atoms with Gasteiger partial charge < -0.3 is 9.88 Å². The molecule has 1 amide bonds. The van der Waals surface area contributed by atoms with E-state index in [1.807, 2.05) is 0 Å². The first-order valence-corrected chi connectivity index (χ1v) is 11.1. The van der Waals surface area contributed by atoms with Crippen molar-refractivity contribution in [2.24, 2.45) is 0 Å². The fourth-order valence-electron chi connectivity index (χ4n) is 3.70. The molecule has 8 heteroatoms. The summed E-state index contributed by atoms with van der Waals surface area (Å²) in [5, 5.41) is 2.81. The van der Waals surface area contributed by atoms with Gasteiger partial charge in [-0.1, -0.05) is 6.42 Å². The molecule has 1 saturated heterocycles. The number of piperidine rings is 1. The van der Waals surface area contributed by atoms with Gasteiger partial charge in [-0.15, -0.1) is 0 Å². The predicted molar refractivity (Wildman–Crippen MR) is 99.8 cm³/mol. The van der Waals surface area contributed by atoms with Crippen LogP contribution in [0.25, 0.3) is 0 Å². The first kappa shape index (κ1) is 19.1. The van der Waals surface area contributed by atoms with E-state index in [0.717, 1.165) is 32.1 Å². The number of aryl methyl sites for hydroxylation is 1. The maximum Gasteiger partial charge on any atom is 0.263 e. The molecule has 7 nitrogen and oxygen atoms in total. The van der Waals surface area contributed by atoms with Crippen molar-refractivity contribution in [3.05, 3.63) is 33.7 Å². The Morgan fingerprint density at radius 2 is 2.00 bits per heavy atom. The third-order valence-corrected chi connectivity index (χ3v) is 6.59. The zero-order valence-electron chi connectivity index (χ0n) is 15.4. The monoisotopic (exact) mass is 381 g/mol. The highest BCUT2D eigenvalue weighted by molar-refractivity contribution is 7.88. The number of sulfonamides is 1. The van der Waals surface area contributed by atoms with Crippen LogP contribution in [0.1, 0.15) is 60.5 Å². The first-order valence-electron chi connectivity index (χ1n) is 9.26. The van der Waals surface area contributed by atoms with Crippen LogP contribution in [-0.2, 0) is 10.0 Å². The van der Waals surface area contributed by atoms with Crippen molar-refractivity contribution < 1.29 is 13.2 Å². The van der Waals surface area contributed by atoms with Crippen molar-refractivity contribution in [3.63, 3.8) is 0 Å². The Bertz CT molecular complexity index is 842. The average molecular weight is 381 g/mol. The van der Waals surface area contributed by atoms with Crippen LogP contribution in [0.15, 0.2) is 17.1 Å². The maximum atomic E-state index is 12.6. The number of nitrogens with one attached hydrogen (secondary N) is 1. The van der Waals surface area contributed by atoms with Gasteiger partial charge in [0.25, 0.3) is 11.5 Å². The molecular formula is C18H27N3O4S. The second-order valence-corrected chi connectivity index (χ2v) is 9.32. The normalized spacial score (nSPS) is 21.5. The second-order valence-electron chi connectivity index (χ2n) is 7.39. The minimum Gasteiger partial charge on any atom is -0.352 e. The summed E-state index contributed by atoms with van der Waals surface area (Å²) >= 11 is 0. The van der Waals surface area contributed by atoms with Gasteiger partial charge in [0.2, 0.25) is 10.0 Å². The van der Waals surface area contributed by atoms with E-state index in [4.69, 9.17) is 0 Å². The summed E-state index contributed by atoms with van der Waals surface area (Å²) in [7, 11) is -3.23. The minimum absolute atomic E-state index is 0.0842.